The fourth-order valence-electron chi connectivity index (χ4n) is 5.53. The van der Waals surface area contributed by atoms with Gasteiger partial charge in [-0.05, 0) is 38.7 Å². The van der Waals surface area contributed by atoms with Gasteiger partial charge in [-0.2, -0.15) is 0 Å². The fourth-order valence-corrected chi connectivity index (χ4v) is 11.4. The van der Waals surface area contributed by atoms with E-state index in [2.05, 4.69) is 103 Å². The standard InChI is InChI=1S/C26H20Si/c1-2-12-21-22-13-6-9-17-26(22)27(25(21)16-3-1)23-14-7-4-10-19(23)18-20-11-5-8-15-24(20)27/h1-17,21H,18H2. The van der Waals surface area contributed by atoms with Gasteiger partial charge < -0.3 is 0 Å². The molecule has 0 nitrogen and oxygen atoms in total. The highest BCUT2D eigenvalue weighted by Crippen LogP contribution is 2.42. The second-order valence-electron chi connectivity index (χ2n) is 7.70. The van der Waals surface area contributed by atoms with Gasteiger partial charge in [-0.25, -0.2) is 0 Å². The van der Waals surface area contributed by atoms with Crippen molar-refractivity contribution in [3.05, 3.63) is 125 Å². The van der Waals surface area contributed by atoms with Crippen molar-refractivity contribution in [2.24, 2.45) is 0 Å². The molecule has 1 spiro atoms. The summed E-state index contributed by atoms with van der Waals surface area (Å²) in [7, 11) is -2.22. The van der Waals surface area contributed by atoms with E-state index in [9.17, 15) is 0 Å². The fraction of sp³-hybridized carbons (Fsp3) is 0.0769. The minimum absolute atomic E-state index is 0.391. The molecule has 0 amide bonds. The van der Waals surface area contributed by atoms with Gasteiger partial charge >= 0.3 is 0 Å². The van der Waals surface area contributed by atoms with Crippen LogP contribution in [0, 0.1) is 0 Å². The van der Waals surface area contributed by atoms with Crippen LogP contribution in [0.2, 0.25) is 0 Å². The SMILES string of the molecule is C1=CC=C2C(C=C1)c1ccccc1[Si]21c2ccccc2Cc2ccccc21. The summed E-state index contributed by atoms with van der Waals surface area (Å²) >= 11 is 0. The van der Waals surface area contributed by atoms with Crippen LogP contribution in [0.1, 0.15) is 22.6 Å². The maximum absolute atomic E-state index is 2.43. The highest BCUT2D eigenvalue weighted by molar-refractivity contribution is 7.18. The molecule has 0 radical (unpaired) electrons. The van der Waals surface area contributed by atoms with Gasteiger partial charge in [0.2, 0.25) is 0 Å². The van der Waals surface area contributed by atoms with E-state index in [4.69, 9.17) is 0 Å². The Hall–Kier alpha value is -2.90. The van der Waals surface area contributed by atoms with Crippen molar-refractivity contribution in [1.29, 1.82) is 0 Å². The normalized spacial score (nSPS) is 20.3. The molecule has 128 valence electrons. The molecular weight excluding hydrogens is 340 g/mol. The number of allylic oxidation sites excluding steroid dienone is 6. The molecular formula is C26H20Si. The van der Waals surface area contributed by atoms with Crippen molar-refractivity contribution in [2.75, 3.05) is 0 Å². The summed E-state index contributed by atoms with van der Waals surface area (Å²) < 4.78 is 0. The van der Waals surface area contributed by atoms with Crippen molar-refractivity contribution >= 4 is 23.6 Å². The predicted octanol–water partition coefficient (Wildman–Crippen LogP) is 3.75. The first-order valence-electron chi connectivity index (χ1n) is 9.72. The van der Waals surface area contributed by atoms with E-state index in [-0.39, 0.29) is 0 Å². The summed E-state index contributed by atoms with van der Waals surface area (Å²) in [6.45, 7) is 0. The minimum Gasteiger partial charge on any atom is -0.0733 e. The topological polar surface area (TPSA) is 0 Å². The van der Waals surface area contributed by atoms with Crippen LogP contribution in [0.5, 0.6) is 0 Å². The van der Waals surface area contributed by atoms with E-state index in [1.807, 2.05) is 0 Å². The van der Waals surface area contributed by atoms with E-state index in [0.29, 0.717) is 5.92 Å². The first-order valence-corrected chi connectivity index (χ1v) is 11.7. The lowest BCUT2D eigenvalue weighted by Gasteiger charge is -2.39. The first-order chi connectivity index (χ1) is 13.4. The lowest BCUT2D eigenvalue weighted by Crippen LogP contribution is -2.70. The minimum atomic E-state index is -2.22. The largest absolute Gasteiger partial charge is 0.177 e. The molecule has 27 heavy (non-hydrogen) atoms. The van der Waals surface area contributed by atoms with E-state index >= 15 is 0 Å². The molecule has 3 aliphatic rings. The second-order valence-corrected chi connectivity index (χ2v) is 11.4. The third-order valence-corrected chi connectivity index (χ3v) is 11.7. The molecule has 6 rings (SSSR count). The summed E-state index contributed by atoms with van der Waals surface area (Å²) in [5.41, 5.74) is 4.52. The van der Waals surface area contributed by atoms with Crippen molar-refractivity contribution < 1.29 is 0 Å². The van der Waals surface area contributed by atoms with Crippen LogP contribution >= 0.6 is 0 Å². The van der Waals surface area contributed by atoms with Crippen LogP contribution in [0.4, 0.5) is 0 Å². The summed E-state index contributed by atoms with van der Waals surface area (Å²) in [5, 5.41) is 6.39. The maximum Gasteiger partial charge on any atom is 0.177 e. The zero-order valence-electron chi connectivity index (χ0n) is 15.1. The molecule has 2 aliphatic heterocycles. The third kappa shape index (κ3) is 1.87. The van der Waals surface area contributed by atoms with Gasteiger partial charge in [0.25, 0.3) is 0 Å². The molecule has 3 aromatic carbocycles. The van der Waals surface area contributed by atoms with Gasteiger partial charge in [0.05, 0.1) is 0 Å². The Balaban J connectivity index is 1.82. The average Bonchev–Trinajstić information content (AvgIpc) is 2.86. The number of hydrogen-bond acceptors (Lipinski definition) is 0. The van der Waals surface area contributed by atoms with Crippen LogP contribution in [-0.2, 0) is 6.42 Å². The predicted molar refractivity (Wildman–Crippen MR) is 116 cm³/mol. The van der Waals surface area contributed by atoms with Crippen LogP contribution in [0.25, 0.3) is 0 Å². The van der Waals surface area contributed by atoms with Gasteiger partial charge in [-0.3, -0.25) is 0 Å². The quantitative estimate of drug-likeness (QED) is 0.536. The van der Waals surface area contributed by atoms with Gasteiger partial charge in [-0.15, -0.1) is 0 Å². The summed E-state index contributed by atoms with van der Waals surface area (Å²) in [4.78, 5) is 0. The molecule has 0 bridgehead atoms. The van der Waals surface area contributed by atoms with Gasteiger partial charge in [-0.1, -0.05) is 108 Å². The number of hydrogen-bond donors (Lipinski definition) is 0. The molecule has 0 aromatic heterocycles. The molecule has 3 aromatic rings. The van der Waals surface area contributed by atoms with Gasteiger partial charge in [0, 0.05) is 5.92 Å². The summed E-state index contributed by atoms with van der Waals surface area (Å²) in [6.07, 6.45) is 12.5. The van der Waals surface area contributed by atoms with E-state index in [1.165, 1.54) is 16.7 Å². The van der Waals surface area contributed by atoms with Crippen LogP contribution in [-0.4, -0.2) is 8.07 Å². The van der Waals surface area contributed by atoms with E-state index in [0.717, 1.165) is 6.42 Å². The highest BCUT2D eigenvalue weighted by Gasteiger charge is 2.54. The molecule has 1 aliphatic carbocycles. The molecule has 0 N–H and O–H groups in total. The first kappa shape index (κ1) is 15.2. The molecule has 0 fully saturated rings. The Morgan fingerprint density at radius 3 is 2.00 bits per heavy atom. The van der Waals surface area contributed by atoms with Crippen molar-refractivity contribution in [2.45, 2.75) is 12.3 Å². The zero-order valence-corrected chi connectivity index (χ0v) is 16.1. The Labute approximate surface area is 161 Å². The van der Waals surface area contributed by atoms with Crippen LogP contribution in [0.15, 0.2) is 108 Å². The smallest absolute Gasteiger partial charge is 0.0733 e. The van der Waals surface area contributed by atoms with E-state index in [1.54, 1.807) is 20.8 Å². The van der Waals surface area contributed by atoms with Crippen molar-refractivity contribution in [3.8, 4) is 0 Å². The monoisotopic (exact) mass is 360 g/mol. The van der Waals surface area contributed by atoms with Crippen molar-refractivity contribution in [1.82, 2.24) is 0 Å². The zero-order chi connectivity index (χ0) is 17.8. The third-order valence-electron chi connectivity index (χ3n) is 6.49. The molecule has 1 atom stereocenters. The summed E-state index contributed by atoms with van der Waals surface area (Å²) in [5.74, 6) is 0.391. The Kier molecular flexibility index (Phi) is 3.12. The number of benzene rings is 3. The lowest BCUT2D eigenvalue weighted by molar-refractivity contribution is 1.09. The Morgan fingerprint density at radius 1 is 0.630 bits per heavy atom. The molecule has 0 saturated carbocycles. The molecule has 1 unspecified atom stereocenters. The number of fused-ring (bicyclic) bond motifs is 9. The van der Waals surface area contributed by atoms with Crippen LogP contribution < -0.4 is 15.6 Å². The summed E-state index contributed by atoms with van der Waals surface area (Å²) in [6, 6.07) is 27.6. The maximum atomic E-state index is 2.43. The van der Waals surface area contributed by atoms with Crippen molar-refractivity contribution in [3.63, 3.8) is 0 Å². The second kappa shape index (κ2) is 5.55. The van der Waals surface area contributed by atoms with E-state index < -0.39 is 8.07 Å². The molecule has 1 heteroatoms. The highest BCUT2D eigenvalue weighted by atomic mass is 28.3. The van der Waals surface area contributed by atoms with Crippen LogP contribution in [0.3, 0.4) is 0 Å². The van der Waals surface area contributed by atoms with Gasteiger partial charge in [0.15, 0.2) is 8.07 Å². The molecule has 2 heterocycles. The average molecular weight is 361 g/mol. The Morgan fingerprint density at radius 2 is 1.26 bits per heavy atom. The number of rotatable bonds is 0. The Bertz CT molecular complexity index is 1120. The lowest BCUT2D eigenvalue weighted by atomic mass is 9.99. The van der Waals surface area contributed by atoms with Gasteiger partial charge in [0.1, 0.15) is 0 Å². The molecule has 0 saturated heterocycles.